The molecule has 0 unspecified atom stereocenters. The van der Waals surface area contributed by atoms with Gasteiger partial charge in [0.2, 0.25) is 0 Å². The summed E-state index contributed by atoms with van der Waals surface area (Å²) in [7, 11) is 1.84. The largest absolute Gasteiger partial charge is 0.340 e. The molecule has 0 aliphatic heterocycles. The van der Waals surface area contributed by atoms with Gasteiger partial charge in [-0.15, -0.1) is 5.10 Å². The molecule has 0 radical (unpaired) electrons. The van der Waals surface area contributed by atoms with Crippen LogP contribution in [0, 0.1) is 10.1 Å². The van der Waals surface area contributed by atoms with Crippen LogP contribution in [-0.2, 0) is 7.05 Å². The summed E-state index contributed by atoms with van der Waals surface area (Å²) in [6, 6.07) is 19.7. The van der Waals surface area contributed by atoms with E-state index in [1.807, 2.05) is 49.5 Å². The van der Waals surface area contributed by atoms with Crippen LogP contribution in [0.15, 0.2) is 66.7 Å². The average Bonchev–Trinajstić information content (AvgIpc) is 3.14. The Labute approximate surface area is 170 Å². The van der Waals surface area contributed by atoms with Crippen LogP contribution in [0.3, 0.4) is 0 Å². The third-order valence-electron chi connectivity index (χ3n) is 4.81. The van der Waals surface area contributed by atoms with Crippen LogP contribution in [-0.4, -0.2) is 29.9 Å². The number of hydrogen-bond acceptors (Lipinski definition) is 7. The lowest BCUT2D eigenvalue weighted by Gasteiger charge is -2.11. The van der Waals surface area contributed by atoms with Crippen molar-refractivity contribution in [2.24, 2.45) is 7.05 Å². The highest BCUT2D eigenvalue weighted by molar-refractivity contribution is 5.93. The number of anilines is 2. The molecule has 0 aliphatic carbocycles. The summed E-state index contributed by atoms with van der Waals surface area (Å²) in [5.41, 5.74) is 4.01. The van der Waals surface area contributed by atoms with Crippen molar-refractivity contribution in [2.45, 2.75) is 0 Å². The number of hydrogen-bond donors (Lipinski definition) is 1. The highest BCUT2D eigenvalue weighted by Gasteiger charge is 2.12. The number of aryl methyl sites for hydroxylation is 1. The zero-order valence-electron chi connectivity index (χ0n) is 15.9. The lowest BCUT2D eigenvalue weighted by molar-refractivity contribution is -0.384. The molecule has 0 saturated carbocycles. The summed E-state index contributed by atoms with van der Waals surface area (Å²) in [4.78, 5) is 19.8. The molecule has 9 heteroatoms. The van der Waals surface area contributed by atoms with Gasteiger partial charge in [0.05, 0.1) is 16.0 Å². The van der Waals surface area contributed by atoms with Crippen LogP contribution in [0.2, 0.25) is 0 Å². The van der Waals surface area contributed by atoms with Crippen LogP contribution < -0.4 is 5.32 Å². The van der Waals surface area contributed by atoms with Gasteiger partial charge in [0, 0.05) is 35.8 Å². The minimum atomic E-state index is -0.430. The summed E-state index contributed by atoms with van der Waals surface area (Å²) in [6.07, 6.45) is 0. The van der Waals surface area contributed by atoms with Gasteiger partial charge in [-0.1, -0.05) is 17.3 Å². The Bertz CT molecular complexity index is 1410. The number of fused-ring (bicyclic) bond motifs is 2. The SMILES string of the molecule is Cn1nnc2cc(Nc3nc(-c4ccc([N+](=O)[O-])cc4)nc4ccccc34)ccc21. The summed E-state index contributed by atoms with van der Waals surface area (Å²) >= 11 is 0. The van der Waals surface area contributed by atoms with Crippen molar-refractivity contribution < 1.29 is 4.92 Å². The number of rotatable bonds is 4. The van der Waals surface area contributed by atoms with E-state index in [0.717, 1.165) is 27.6 Å². The Kier molecular flexibility index (Phi) is 4.06. The van der Waals surface area contributed by atoms with E-state index in [0.29, 0.717) is 17.2 Å². The fourth-order valence-corrected chi connectivity index (χ4v) is 3.29. The molecule has 0 saturated heterocycles. The number of non-ortho nitro benzene ring substituents is 1. The molecular weight excluding hydrogens is 382 g/mol. The summed E-state index contributed by atoms with van der Waals surface area (Å²) in [5.74, 6) is 1.11. The molecule has 0 amide bonds. The molecule has 2 aromatic heterocycles. The van der Waals surface area contributed by atoms with Crippen molar-refractivity contribution in [1.82, 2.24) is 25.0 Å². The number of nitro benzene ring substituents is 1. The van der Waals surface area contributed by atoms with Crippen LogP contribution in [0.25, 0.3) is 33.3 Å². The van der Waals surface area contributed by atoms with Crippen LogP contribution >= 0.6 is 0 Å². The molecule has 146 valence electrons. The molecule has 0 bridgehead atoms. The second-order valence-electron chi connectivity index (χ2n) is 6.76. The summed E-state index contributed by atoms with van der Waals surface area (Å²) in [6.45, 7) is 0. The predicted octanol–water partition coefficient (Wildman–Crippen LogP) is 4.23. The van der Waals surface area contributed by atoms with Crippen molar-refractivity contribution in [2.75, 3.05) is 5.32 Å². The van der Waals surface area contributed by atoms with E-state index < -0.39 is 4.92 Å². The molecule has 0 spiro atoms. The van der Waals surface area contributed by atoms with E-state index in [1.165, 1.54) is 12.1 Å². The van der Waals surface area contributed by atoms with Crippen molar-refractivity contribution in [1.29, 1.82) is 0 Å². The second kappa shape index (κ2) is 6.89. The highest BCUT2D eigenvalue weighted by Crippen LogP contribution is 2.29. The van der Waals surface area contributed by atoms with Gasteiger partial charge < -0.3 is 5.32 Å². The third kappa shape index (κ3) is 3.08. The number of nitrogens with one attached hydrogen (secondary N) is 1. The maximum atomic E-state index is 10.9. The Morgan fingerprint density at radius 1 is 0.967 bits per heavy atom. The Hall–Kier alpha value is -4.40. The van der Waals surface area contributed by atoms with E-state index in [1.54, 1.807) is 16.8 Å². The van der Waals surface area contributed by atoms with E-state index in [4.69, 9.17) is 4.98 Å². The lowest BCUT2D eigenvalue weighted by Crippen LogP contribution is -1.99. The minimum absolute atomic E-state index is 0.0233. The van der Waals surface area contributed by atoms with Crippen molar-refractivity contribution in [3.8, 4) is 11.4 Å². The monoisotopic (exact) mass is 397 g/mol. The molecular formula is C21H15N7O2. The zero-order valence-corrected chi connectivity index (χ0v) is 15.9. The molecule has 0 aliphatic rings. The smallest absolute Gasteiger partial charge is 0.269 e. The van der Waals surface area contributed by atoms with Gasteiger partial charge in [0.15, 0.2) is 5.82 Å². The number of benzene rings is 3. The van der Waals surface area contributed by atoms with Crippen molar-refractivity contribution in [3.63, 3.8) is 0 Å². The quantitative estimate of drug-likeness (QED) is 0.357. The fraction of sp³-hybridized carbons (Fsp3) is 0.0476. The first kappa shape index (κ1) is 17.7. The Balaban J connectivity index is 1.60. The zero-order chi connectivity index (χ0) is 20.7. The van der Waals surface area contributed by atoms with Gasteiger partial charge in [-0.25, -0.2) is 14.6 Å². The molecule has 9 nitrogen and oxygen atoms in total. The standard InChI is InChI=1S/C21H15N7O2/c1-27-19-11-8-14(12-18(19)25-26-27)22-21-16-4-2-3-5-17(16)23-20(24-21)13-6-9-15(10-7-13)28(29)30/h2-12H,1H3,(H,22,23,24). The molecule has 5 aromatic rings. The number of para-hydroxylation sites is 1. The molecule has 5 rings (SSSR count). The van der Waals surface area contributed by atoms with Gasteiger partial charge in [0.1, 0.15) is 11.3 Å². The maximum absolute atomic E-state index is 10.9. The van der Waals surface area contributed by atoms with Gasteiger partial charge in [-0.3, -0.25) is 10.1 Å². The Morgan fingerprint density at radius 3 is 2.57 bits per heavy atom. The number of nitro groups is 1. The molecule has 3 aromatic carbocycles. The van der Waals surface area contributed by atoms with Crippen LogP contribution in [0.5, 0.6) is 0 Å². The van der Waals surface area contributed by atoms with Gasteiger partial charge in [0.25, 0.3) is 5.69 Å². The van der Waals surface area contributed by atoms with Crippen molar-refractivity contribution >= 4 is 39.1 Å². The lowest BCUT2D eigenvalue weighted by atomic mass is 10.1. The van der Waals surface area contributed by atoms with E-state index in [-0.39, 0.29) is 5.69 Å². The molecule has 30 heavy (non-hydrogen) atoms. The number of nitrogens with zero attached hydrogens (tertiary/aromatic N) is 6. The average molecular weight is 397 g/mol. The van der Waals surface area contributed by atoms with Gasteiger partial charge >= 0.3 is 0 Å². The Morgan fingerprint density at radius 2 is 1.77 bits per heavy atom. The molecule has 2 heterocycles. The topological polar surface area (TPSA) is 112 Å². The predicted molar refractivity (Wildman–Crippen MR) is 113 cm³/mol. The van der Waals surface area contributed by atoms with E-state index >= 15 is 0 Å². The first-order valence-corrected chi connectivity index (χ1v) is 9.16. The van der Waals surface area contributed by atoms with Gasteiger partial charge in [-0.05, 0) is 42.5 Å². The summed E-state index contributed by atoms with van der Waals surface area (Å²) in [5, 5.41) is 23.3. The molecule has 0 atom stereocenters. The van der Waals surface area contributed by atoms with Crippen LogP contribution in [0.4, 0.5) is 17.2 Å². The van der Waals surface area contributed by atoms with Crippen molar-refractivity contribution in [3.05, 3.63) is 76.8 Å². The molecule has 0 fully saturated rings. The van der Waals surface area contributed by atoms with E-state index in [9.17, 15) is 10.1 Å². The highest BCUT2D eigenvalue weighted by atomic mass is 16.6. The van der Waals surface area contributed by atoms with E-state index in [2.05, 4.69) is 20.6 Å². The fourth-order valence-electron chi connectivity index (χ4n) is 3.29. The third-order valence-corrected chi connectivity index (χ3v) is 4.81. The maximum Gasteiger partial charge on any atom is 0.269 e. The minimum Gasteiger partial charge on any atom is -0.340 e. The van der Waals surface area contributed by atoms with Crippen LogP contribution in [0.1, 0.15) is 0 Å². The number of aromatic nitrogens is 5. The first-order valence-electron chi connectivity index (χ1n) is 9.16. The molecule has 1 N–H and O–H groups in total. The normalized spacial score (nSPS) is 11.1. The van der Waals surface area contributed by atoms with Gasteiger partial charge in [-0.2, -0.15) is 0 Å². The first-order chi connectivity index (χ1) is 14.6. The summed E-state index contributed by atoms with van der Waals surface area (Å²) < 4.78 is 1.71. The second-order valence-corrected chi connectivity index (χ2v) is 6.76.